The van der Waals surface area contributed by atoms with Crippen LogP contribution in [-0.2, 0) is 0 Å². The van der Waals surface area contributed by atoms with Crippen LogP contribution in [0, 0.1) is 17.0 Å². The Balaban J connectivity index is 2.09. The van der Waals surface area contributed by atoms with Crippen molar-refractivity contribution in [3.8, 4) is 5.82 Å². The Labute approximate surface area is 155 Å². The van der Waals surface area contributed by atoms with Gasteiger partial charge in [0.2, 0.25) is 11.0 Å². The highest BCUT2D eigenvalue weighted by atomic mass is 35.5. The first-order valence-corrected chi connectivity index (χ1v) is 7.80. The molecular weight excluding hydrogens is 393 g/mol. The molecule has 3 aromatic rings. The van der Waals surface area contributed by atoms with Gasteiger partial charge in [-0.05, 0) is 13.0 Å². The zero-order chi connectivity index (χ0) is 18.1. The molecule has 0 aliphatic rings. The summed E-state index contributed by atoms with van der Waals surface area (Å²) >= 11 is 17.8. The van der Waals surface area contributed by atoms with Gasteiger partial charge in [0.1, 0.15) is 12.1 Å². The average Bonchev–Trinajstić information content (AvgIpc) is 2.87. The van der Waals surface area contributed by atoms with E-state index in [1.54, 1.807) is 13.0 Å². The van der Waals surface area contributed by atoms with Gasteiger partial charge in [-0.25, -0.2) is 15.0 Å². The Kier molecular flexibility index (Phi) is 4.71. The fourth-order valence-electron chi connectivity index (χ4n) is 2.05. The molecule has 3 rings (SSSR count). The van der Waals surface area contributed by atoms with Crippen LogP contribution in [0.15, 0.2) is 24.7 Å². The van der Waals surface area contributed by atoms with Crippen molar-refractivity contribution in [3.63, 3.8) is 0 Å². The van der Waals surface area contributed by atoms with Crippen LogP contribution < -0.4 is 5.32 Å². The largest absolute Gasteiger partial charge is 0.348 e. The normalized spacial score (nSPS) is 10.7. The van der Waals surface area contributed by atoms with Crippen molar-refractivity contribution < 1.29 is 4.92 Å². The number of nitro groups is 1. The molecule has 0 atom stereocenters. The lowest BCUT2D eigenvalue weighted by Crippen LogP contribution is -2.08. The summed E-state index contributed by atoms with van der Waals surface area (Å²) in [5.74, 6) is 0.563. The number of pyridine rings is 1. The van der Waals surface area contributed by atoms with Gasteiger partial charge >= 0.3 is 5.69 Å². The third-order valence-electron chi connectivity index (χ3n) is 3.03. The minimum Gasteiger partial charge on any atom is -0.319 e. The highest BCUT2D eigenvalue weighted by Crippen LogP contribution is 2.32. The lowest BCUT2D eigenvalue weighted by atomic mass is 10.4. The van der Waals surface area contributed by atoms with Gasteiger partial charge in [0, 0.05) is 12.3 Å². The molecule has 3 aromatic heterocycles. The van der Waals surface area contributed by atoms with E-state index in [1.165, 1.54) is 16.9 Å². The third kappa shape index (κ3) is 3.48. The summed E-state index contributed by atoms with van der Waals surface area (Å²) in [5.41, 5.74) is 0.169. The molecule has 25 heavy (non-hydrogen) atoms. The maximum atomic E-state index is 11.2. The van der Waals surface area contributed by atoms with Gasteiger partial charge in [-0.1, -0.05) is 34.8 Å². The first-order valence-electron chi connectivity index (χ1n) is 6.67. The molecule has 0 aromatic carbocycles. The summed E-state index contributed by atoms with van der Waals surface area (Å²) in [5, 5.41) is 18.7. The number of anilines is 2. The Morgan fingerprint density at radius 3 is 2.64 bits per heavy atom. The van der Waals surface area contributed by atoms with E-state index in [4.69, 9.17) is 34.8 Å². The summed E-state index contributed by atoms with van der Waals surface area (Å²) < 4.78 is 1.38. The molecule has 0 bridgehead atoms. The Bertz CT molecular complexity index is 976. The van der Waals surface area contributed by atoms with Gasteiger partial charge in [-0.3, -0.25) is 10.1 Å². The van der Waals surface area contributed by atoms with Gasteiger partial charge < -0.3 is 5.32 Å². The zero-order valence-electron chi connectivity index (χ0n) is 12.4. The topological polar surface area (TPSA) is 112 Å². The number of hydrogen-bond donors (Lipinski definition) is 1. The number of nitrogens with one attached hydrogen (secondary N) is 1. The minimum atomic E-state index is -0.675. The van der Waals surface area contributed by atoms with Crippen molar-refractivity contribution in [1.82, 2.24) is 24.7 Å². The van der Waals surface area contributed by atoms with E-state index >= 15 is 0 Å². The summed E-state index contributed by atoms with van der Waals surface area (Å²) in [4.78, 5) is 22.2. The lowest BCUT2D eigenvalue weighted by Gasteiger charge is -2.10. The van der Waals surface area contributed by atoms with Crippen LogP contribution in [0.3, 0.4) is 0 Å². The predicted octanol–water partition coefficient (Wildman–Crippen LogP) is 3.98. The molecule has 0 unspecified atom stereocenters. The van der Waals surface area contributed by atoms with Crippen LogP contribution in [-0.4, -0.2) is 29.7 Å². The van der Waals surface area contributed by atoms with Crippen molar-refractivity contribution in [2.75, 3.05) is 5.32 Å². The van der Waals surface area contributed by atoms with Crippen LogP contribution in [0.4, 0.5) is 17.3 Å². The first-order chi connectivity index (χ1) is 11.9. The fraction of sp³-hybridized carbons (Fsp3) is 0.0769. The Morgan fingerprint density at radius 1 is 1.20 bits per heavy atom. The maximum absolute atomic E-state index is 11.2. The summed E-state index contributed by atoms with van der Waals surface area (Å²) in [6.45, 7) is 1.74. The van der Waals surface area contributed by atoms with Gasteiger partial charge in [-0.15, -0.1) is 0 Å². The molecule has 0 amide bonds. The minimum absolute atomic E-state index is 0.0868. The molecule has 9 nitrogen and oxygen atoms in total. The van der Waals surface area contributed by atoms with Crippen molar-refractivity contribution in [1.29, 1.82) is 0 Å². The molecule has 1 N–H and O–H groups in total. The molecule has 3 heterocycles. The summed E-state index contributed by atoms with van der Waals surface area (Å²) in [6, 6.07) is 3.16. The Morgan fingerprint density at radius 2 is 1.96 bits per heavy atom. The standard InChI is InChI=1S/C13H8Cl3N7O2/c1-6-2-9(20-12-10(23(24)25)11(16)18-5-19-12)22(21-6)13-8(15)3-7(14)4-17-13/h2-5H,1H3,(H,18,19,20). The second-order valence-electron chi connectivity index (χ2n) is 4.79. The number of hydrogen-bond acceptors (Lipinski definition) is 7. The molecule has 0 fully saturated rings. The van der Waals surface area contributed by atoms with E-state index in [1.807, 2.05) is 0 Å². The quantitative estimate of drug-likeness (QED) is 0.400. The van der Waals surface area contributed by atoms with Gasteiger partial charge in [0.15, 0.2) is 5.82 Å². The van der Waals surface area contributed by atoms with E-state index in [0.29, 0.717) is 22.4 Å². The number of nitrogens with zero attached hydrogens (tertiary/aromatic N) is 6. The number of aromatic nitrogens is 5. The second-order valence-corrected chi connectivity index (χ2v) is 5.99. The maximum Gasteiger partial charge on any atom is 0.348 e. The van der Waals surface area contributed by atoms with Crippen molar-refractivity contribution in [3.05, 3.63) is 55.7 Å². The average molecular weight is 401 g/mol. The molecule has 0 saturated heterocycles. The number of rotatable bonds is 4. The van der Waals surface area contributed by atoms with Gasteiger partial charge in [-0.2, -0.15) is 9.78 Å². The predicted molar refractivity (Wildman–Crippen MR) is 93.1 cm³/mol. The highest BCUT2D eigenvalue weighted by Gasteiger charge is 2.23. The van der Waals surface area contributed by atoms with E-state index in [0.717, 1.165) is 6.33 Å². The van der Waals surface area contributed by atoms with Crippen LogP contribution in [0.25, 0.3) is 5.82 Å². The molecule has 0 radical (unpaired) electrons. The van der Waals surface area contributed by atoms with E-state index in [2.05, 4.69) is 25.4 Å². The Hall–Kier alpha value is -2.49. The molecular formula is C13H8Cl3N7O2. The SMILES string of the molecule is Cc1cc(Nc2ncnc(Cl)c2[N+](=O)[O-])n(-c2ncc(Cl)cc2Cl)n1. The van der Waals surface area contributed by atoms with E-state index < -0.39 is 10.6 Å². The van der Waals surface area contributed by atoms with E-state index in [9.17, 15) is 10.1 Å². The number of halogens is 3. The smallest absolute Gasteiger partial charge is 0.319 e. The van der Waals surface area contributed by atoms with Crippen LogP contribution in [0.2, 0.25) is 15.2 Å². The number of aryl methyl sites for hydroxylation is 1. The van der Waals surface area contributed by atoms with Crippen molar-refractivity contribution in [2.24, 2.45) is 0 Å². The molecule has 0 aliphatic heterocycles. The molecule has 128 valence electrons. The summed E-state index contributed by atoms with van der Waals surface area (Å²) in [6.07, 6.45) is 2.52. The third-order valence-corrected chi connectivity index (χ3v) is 3.79. The molecule has 12 heteroatoms. The zero-order valence-corrected chi connectivity index (χ0v) is 14.7. The molecule has 0 aliphatic carbocycles. The van der Waals surface area contributed by atoms with Crippen molar-refractivity contribution >= 4 is 52.1 Å². The van der Waals surface area contributed by atoms with Gasteiger partial charge in [0.25, 0.3) is 0 Å². The van der Waals surface area contributed by atoms with Crippen LogP contribution >= 0.6 is 34.8 Å². The molecule has 0 saturated carbocycles. The highest BCUT2D eigenvalue weighted by molar-refractivity contribution is 6.35. The second kappa shape index (κ2) is 6.79. The van der Waals surface area contributed by atoms with Gasteiger partial charge in [0.05, 0.1) is 20.7 Å². The van der Waals surface area contributed by atoms with Crippen LogP contribution in [0.5, 0.6) is 0 Å². The first kappa shape index (κ1) is 17.3. The fourth-order valence-corrected chi connectivity index (χ4v) is 2.71. The lowest BCUT2D eigenvalue weighted by molar-refractivity contribution is -0.384. The molecule has 0 spiro atoms. The summed E-state index contributed by atoms with van der Waals surface area (Å²) in [7, 11) is 0. The van der Waals surface area contributed by atoms with Crippen molar-refractivity contribution in [2.45, 2.75) is 6.92 Å². The van der Waals surface area contributed by atoms with E-state index in [-0.39, 0.29) is 16.0 Å². The van der Waals surface area contributed by atoms with Crippen LogP contribution in [0.1, 0.15) is 5.69 Å². The monoisotopic (exact) mass is 399 g/mol.